The van der Waals surface area contributed by atoms with Crippen LogP contribution in [-0.4, -0.2) is 59.9 Å². The Kier molecular flexibility index (Phi) is 6.08. The molecule has 0 fully saturated rings. The molecule has 21 heteroatoms. The van der Waals surface area contributed by atoms with E-state index in [1.165, 1.54) is 0 Å². The zero-order chi connectivity index (χ0) is 24.5. The molecule has 0 aliphatic carbocycles. The average molecular weight is 502 g/mol. The fourth-order valence-corrected chi connectivity index (χ4v) is 1.76. The SMILES string of the molecule is O=S(=O)(O)[13C](F)(F)[13C](F)(F)C(F)(F)C(F)(F)C(F)(F)C(F)(F)C(F)(F)C(F)(F)F. The number of halogens is 17. The topological polar surface area (TPSA) is 54.4 Å². The van der Waals surface area contributed by atoms with Gasteiger partial charge >= 0.3 is 57.1 Å². The van der Waals surface area contributed by atoms with Crippen molar-refractivity contribution in [1.29, 1.82) is 0 Å². The quantitative estimate of drug-likeness (QED) is 0.308. The number of hydrogen-bond donors (Lipinski definition) is 1. The van der Waals surface area contributed by atoms with Gasteiger partial charge in [-0.2, -0.15) is 83.1 Å². The summed E-state index contributed by atoms with van der Waals surface area (Å²) in [6.45, 7) is 0. The molecule has 0 heterocycles. The van der Waals surface area contributed by atoms with Gasteiger partial charge in [0.1, 0.15) is 0 Å². The van der Waals surface area contributed by atoms with E-state index in [4.69, 9.17) is 4.55 Å². The first kappa shape index (κ1) is 27.7. The Hall–Kier alpha value is -1.28. The Morgan fingerprint density at radius 3 is 0.828 bits per heavy atom. The molecule has 0 unspecified atom stereocenters. The molecule has 0 aromatic heterocycles. The van der Waals surface area contributed by atoms with Gasteiger partial charge in [-0.1, -0.05) is 0 Å². The Morgan fingerprint density at radius 1 is 0.414 bits per heavy atom. The molecule has 0 spiro atoms. The Labute approximate surface area is 146 Å². The molecule has 0 aliphatic rings. The van der Waals surface area contributed by atoms with Crippen LogP contribution in [0.5, 0.6) is 0 Å². The van der Waals surface area contributed by atoms with Crippen LogP contribution in [0.25, 0.3) is 0 Å². The van der Waals surface area contributed by atoms with Crippen LogP contribution >= 0.6 is 0 Å². The maximum absolute atomic E-state index is 13.0. The fraction of sp³-hybridized carbons (Fsp3) is 1.00. The minimum Gasteiger partial charge on any atom is -0.281 e. The number of hydrogen-bond acceptors (Lipinski definition) is 2. The molecular weight excluding hydrogens is 501 g/mol. The molecule has 0 saturated carbocycles. The molecule has 29 heavy (non-hydrogen) atoms. The molecule has 0 amide bonds. The Balaban J connectivity index is 6.90. The highest BCUT2D eigenvalue weighted by Crippen LogP contribution is 2.64. The van der Waals surface area contributed by atoms with Crippen molar-refractivity contribution in [2.75, 3.05) is 0 Å². The molecule has 0 aromatic carbocycles. The lowest BCUT2D eigenvalue weighted by atomic mass is 9.95. The monoisotopic (exact) mass is 502 g/mol. The zero-order valence-electron chi connectivity index (χ0n) is 12.1. The Bertz CT molecular complexity index is 732. The van der Waals surface area contributed by atoms with Crippen molar-refractivity contribution >= 4 is 10.1 Å². The molecule has 0 radical (unpaired) electrons. The van der Waals surface area contributed by atoms with Gasteiger partial charge in [0.05, 0.1) is 0 Å². The summed E-state index contributed by atoms with van der Waals surface area (Å²) in [5, 5.41) is -7.84. The second kappa shape index (κ2) is 6.36. The van der Waals surface area contributed by atoms with Crippen molar-refractivity contribution in [3.05, 3.63) is 0 Å². The lowest BCUT2D eigenvalue weighted by Crippen LogP contribution is -2.74. The van der Waals surface area contributed by atoms with Crippen LogP contribution < -0.4 is 0 Å². The van der Waals surface area contributed by atoms with E-state index in [2.05, 4.69) is 0 Å². The highest BCUT2D eigenvalue weighted by Gasteiger charge is 2.96. The fourth-order valence-electron chi connectivity index (χ4n) is 1.31. The van der Waals surface area contributed by atoms with E-state index in [-0.39, 0.29) is 0 Å². The molecule has 3 nitrogen and oxygen atoms in total. The third-order valence-corrected chi connectivity index (χ3v) is 3.92. The van der Waals surface area contributed by atoms with Gasteiger partial charge in [-0.05, 0) is 0 Å². The third kappa shape index (κ3) is 3.26. The predicted molar refractivity (Wildman–Crippen MR) is 52.2 cm³/mol. The molecule has 0 bridgehead atoms. The van der Waals surface area contributed by atoms with E-state index in [0.717, 1.165) is 0 Å². The molecule has 0 rings (SSSR count). The van der Waals surface area contributed by atoms with Crippen LogP contribution in [0.4, 0.5) is 74.6 Å². The van der Waals surface area contributed by atoms with Crippen molar-refractivity contribution in [2.24, 2.45) is 0 Å². The molecule has 0 atom stereocenters. The minimum atomic E-state index is -8.89. The van der Waals surface area contributed by atoms with Crippen molar-refractivity contribution < 1.29 is 87.6 Å². The van der Waals surface area contributed by atoms with E-state index >= 15 is 0 Å². The van der Waals surface area contributed by atoms with E-state index in [1.54, 1.807) is 0 Å². The van der Waals surface area contributed by atoms with Gasteiger partial charge in [-0.3, -0.25) is 4.55 Å². The first-order chi connectivity index (χ1) is 12.0. The van der Waals surface area contributed by atoms with Gasteiger partial charge < -0.3 is 0 Å². The van der Waals surface area contributed by atoms with Crippen molar-refractivity contribution in [3.63, 3.8) is 0 Å². The van der Waals surface area contributed by atoms with Gasteiger partial charge in [-0.25, -0.2) is 0 Å². The van der Waals surface area contributed by atoms with Gasteiger partial charge in [0.25, 0.3) is 0 Å². The normalized spacial score (nSPS) is 16.9. The van der Waals surface area contributed by atoms with Crippen molar-refractivity contribution in [3.8, 4) is 0 Å². The second-order valence-corrected chi connectivity index (χ2v) is 6.40. The minimum absolute atomic E-state index is 7.67. The van der Waals surface area contributed by atoms with Crippen LogP contribution in [0.1, 0.15) is 0 Å². The van der Waals surface area contributed by atoms with Gasteiger partial charge in [0.15, 0.2) is 0 Å². The molecule has 0 aliphatic heterocycles. The van der Waals surface area contributed by atoms with Crippen LogP contribution in [0, 0.1) is 0 Å². The summed E-state index contributed by atoms with van der Waals surface area (Å²) in [6, 6.07) is 0. The van der Waals surface area contributed by atoms with E-state index in [1.807, 2.05) is 0 Å². The van der Waals surface area contributed by atoms with E-state index < -0.39 is 57.1 Å². The lowest BCUT2D eigenvalue weighted by molar-refractivity contribution is -0.458. The lowest BCUT2D eigenvalue weighted by Gasteiger charge is -2.42. The summed E-state index contributed by atoms with van der Waals surface area (Å²) in [5.41, 5.74) is 0. The van der Waals surface area contributed by atoms with Crippen LogP contribution in [0.3, 0.4) is 0 Å². The van der Waals surface area contributed by atoms with Crippen molar-refractivity contribution in [2.45, 2.75) is 47.0 Å². The summed E-state index contributed by atoms with van der Waals surface area (Å²) in [6.07, 6.45) is -7.88. The van der Waals surface area contributed by atoms with Crippen LogP contribution in [-0.2, 0) is 10.1 Å². The standard InChI is InChI=1S/C8HF17O3S/c9-1(10,3(13,14)5(17,18)7(21,22)23)2(11,12)4(15,16)6(19,20)8(24,25)29(26,27)28/h(H,26,27,28)/i6+1,8+1. The summed E-state index contributed by atoms with van der Waals surface area (Å²) < 4.78 is 242. The highest BCUT2D eigenvalue weighted by atomic mass is 32.2. The van der Waals surface area contributed by atoms with Gasteiger partial charge in [0.2, 0.25) is 0 Å². The first-order valence-corrected chi connectivity index (χ1v) is 7.12. The maximum Gasteiger partial charge on any atom is 0.460 e. The first-order valence-electron chi connectivity index (χ1n) is 5.68. The van der Waals surface area contributed by atoms with E-state index in [9.17, 15) is 83.1 Å². The summed E-state index contributed by atoms with van der Waals surface area (Å²) in [7, 11) is -7.89. The second-order valence-electron chi connectivity index (χ2n) is 4.94. The third-order valence-electron chi connectivity index (χ3n) is 3.02. The summed E-state index contributed by atoms with van der Waals surface area (Å²) in [5.74, 6) is -52.0. The predicted octanol–water partition coefficient (Wildman–Crippen LogP) is 4.84. The molecule has 176 valence electrons. The molecule has 0 saturated heterocycles. The summed E-state index contributed by atoms with van der Waals surface area (Å²) >= 11 is 0. The van der Waals surface area contributed by atoms with Crippen LogP contribution in [0.15, 0.2) is 0 Å². The van der Waals surface area contributed by atoms with Crippen molar-refractivity contribution in [1.82, 2.24) is 0 Å². The van der Waals surface area contributed by atoms with Crippen LogP contribution in [0.2, 0.25) is 0 Å². The smallest absolute Gasteiger partial charge is 0.281 e. The Morgan fingerprint density at radius 2 is 0.621 bits per heavy atom. The number of rotatable bonds is 7. The zero-order valence-corrected chi connectivity index (χ0v) is 12.9. The van der Waals surface area contributed by atoms with E-state index in [0.29, 0.717) is 0 Å². The van der Waals surface area contributed by atoms with Gasteiger partial charge in [0, 0.05) is 0 Å². The summed E-state index contributed by atoms with van der Waals surface area (Å²) in [4.78, 5) is 0. The maximum atomic E-state index is 13.0. The average Bonchev–Trinajstić information content (AvgIpc) is 2.43. The molecule has 0 aromatic rings. The molecule has 1 N–H and O–H groups in total. The highest BCUT2D eigenvalue weighted by molar-refractivity contribution is 7.87. The largest absolute Gasteiger partial charge is 0.460 e. The number of alkyl halides is 17. The van der Waals surface area contributed by atoms with Gasteiger partial charge in [-0.15, -0.1) is 0 Å². The molecular formula is C8HF17O3S.